The number of benzene rings is 4. The lowest BCUT2D eigenvalue weighted by Gasteiger charge is -2.50. The number of hydrazine groups is 1. The quantitative estimate of drug-likeness (QED) is 0.141. The summed E-state index contributed by atoms with van der Waals surface area (Å²) >= 11 is 12.7. The van der Waals surface area contributed by atoms with Crippen LogP contribution in [0.4, 0.5) is 11.4 Å². The average molecular weight is 749 g/mol. The number of nitrogens with one attached hydrogen (secondary N) is 1. The third-order valence-corrected chi connectivity index (χ3v) is 12.0. The molecule has 268 valence electrons. The molecular formula is C42H35Cl2N3O6. The Hall–Kier alpha value is -5.38. The normalized spacial score (nSPS) is 26.2. The molecule has 53 heavy (non-hydrogen) atoms. The molecule has 1 saturated carbocycles. The van der Waals surface area contributed by atoms with E-state index in [1.165, 1.54) is 11.0 Å². The zero-order valence-electron chi connectivity index (χ0n) is 28.7. The molecule has 4 amide bonds. The molecule has 0 unspecified atom stereocenters. The number of carbonyl (C=O) groups excluding carboxylic acids is 4. The smallest absolute Gasteiger partial charge is 0.260 e. The maximum atomic E-state index is 15.5. The minimum atomic E-state index is -1.60. The number of halogens is 2. The Morgan fingerprint density at radius 3 is 2.38 bits per heavy atom. The van der Waals surface area contributed by atoms with Crippen molar-refractivity contribution in [2.45, 2.75) is 30.6 Å². The fourth-order valence-electron chi connectivity index (χ4n) is 9.18. The van der Waals surface area contributed by atoms with Gasteiger partial charge in [-0.1, -0.05) is 89.5 Å². The molecule has 9 nitrogen and oxygen atoms in total. The highest BCUT2D eigenvalue weighted by molar-refractivity contribution is 6.36. The van der Waals surface area contributed by atoms with E-state index >= 15 is 4.79 Å². The Morgan fingerprint density at radius 1 is 0.925 bits per heavy atom. The molecule has 3 fully saturated rings. The van der Waals surface area contributed by atoms with E-state index in [1.54, 1.807) is 86.0 Å². The first kappa shape index (κ1) is 34.7. The van der Waals surface area contributed by atoms with Crippen LogP contribution in [0.25, 0.3) is 0 Å². The van der Waals surface area contributed by atoms with Crippen molar-refractivity contribution in [2.75, 3.05) is 17.4 Å². The van der Waals surface area contributed by atoms with Gasteiger partial charge in [0.2, 0.25) is 11.8 Å². The van der Waals surface area contributed by atoms with E-state index < -0.39 is 46.8 Å². The van der Waals surface area contributed by atoms with Crippen molar-refractivity contribution < 1.29 is 29.0 Å². The van der Waals surface area contributed by atoms with Crippen LogP contribution < -0.4 is 15.1 Å². The number of fused-ring (bicyclic) bond motifs is 4. The molecule has 8 rings (SSSR count). The van der Waals surface area contributed by atoms with Gasteiger partial charge in [0.25, 0.3) is 11.8 Å². The predicted octanol–water partition coefficient (Wildman–Crippen LogP) is 7.63. The number of ether oxygens (including phenoxy) is 1. The van der Waals surface area contributed by atoms with Crippen molar-refractivity contribution in [3.05, 3.63) is 142 Å². The van der Waals surface area contributed by atoms with Gasteiger partial charge in [0.1, 0.15) is 11.5 Å². The Bertz CT molecular complexity index is 2220. The van der Waals surface area contributed by atoms with Crippen molar-refractivity contribution in [1.82, 2.24) is 5.01 Å². The summed E-state index contributed by atoms with van der Waals surface area (Å²) in [6.45, 7) is 3.86. The van der Waals surface area contributed by atoms with Crippen LogP contribution in [0.2, 0.25) is 10.0 Å². The van der Waals surface area contributed by atoms with Gasteiger partial charge in [0.15, 0.2) is 0 Å². The maximum Gasteiger partial charge on any atom is 0.260 e. The zero-order valence-corrected chi connectivity index (χ0v) is 30.2. The van der Waals surface area contributed by atoms with Crippen LogP contribution in [0.1, 0.15) is 35.4 Å². The number of para-hydroxylation sites is 2. The zero-order chi connectivity index (χ0) is 37.2. The van der Waals surface area contributed by atoms with Crippen LogP contribution in [0, 0.1) is 23.7 Å². The molecule has 4 aromatic carbocycles. The van der Waals surface area contributed by atoms with Crippen LogP contribution in [0.5, 0.6) is 11.5 Å². The second-order valence-electron chi connectivity index (χ2n) is 13.9. The molecule has 2 heterocycles. The second-order valence-corrected chi connectivity index (χ2v) is 14.8. The summed E-state index contributed by atoms with van der Waals surface area (Å²) in [5, 5.41) is 13.6. The lowest BCUT2D eigenvalue weighted by Crippen LogP contribution is -2.53. The third-order valence-electron chi connectivity index (χ3n) is 11.4. The predicted molar refractivity (Wildman–Crippen MR) is 202 cm³/mol. The van der Waals surface area contributed by atoms with Gasteiger partial charge >= 0.3 is 0 Å². The van der Waals surface area contributed by atoms with Crippen LogP contribution in [-0.4, -0.2) is 40.9 Å². The van der Waals surface area contributed by atoms with Gasteiger partial charge < -0.3 is 9.84 Å². The topological polar surface area (TPSA) is 116 Å². The molecular weight excluding hydrogens is 713 g/mol. The molecule has 0 radical (unpaired) electrons. The molecule has 11 heteroatoms. The number of phenols is 1. The molecule has 2 aliphatic heterocycles. The van der Waals surface area contributed by atoms with Gasteiger partial charge in [-0.3, -0.25) is 29.5 Å². The number of amides is 4. The summed E-state index contributed by atoms with van der Waals surface area (Å²) in [4.78, 5) is 60.2. The molecule has 0 aromatic heterocycles. The van der Waals surface area contributed by atoms with E-state index in [0.717, 1.165) is 10.6 Å². The number of anilines is 2. The third kappa shape index (κ3) is 5.20. The highest BCUT2D eigenvalue weighted by atomic mass is 35.5. The first-order chi connectivity index (χ1) is 25.6. The molecule has 6 atom stereocenters. The summed E-state index contributed by atoms with van der Waals surface area (Å²) in [5.41, 5.74) is 4.46. The highest BCUT2D eigenvalue weighted by Crippen LogP contribution is 2.65. The van der Waals surface area contributed by atoms with Gasteiger partial charge in [0.05, 0.1) is 46.7 Å². The number of allylic oxidation sites excluding steroid dienone is 3. The summed E-state index contributed by atoms with van der Waals surface area (Å²) < 4.78 is 5.48. The number of carbonyl (C=O) groups is 4. The monoisotopic (exact) mass is 747 g/mol. The van der Waals surface area contributed by atoms with Gasteiger partial charge in [0, 0.05) is 16.5 Å². The van der Waals surface area contributed by atoms with Crippen LogP contribution >= 0.6 is 23.2 Å². The van der Waals surface area contributed by atoms with E-state index in [0.29, 0.717) is 45.3 Å². The number of rotatable bonds is 8. The van der Waals surface area contributed by atoms with Gasteiger partial charge in [-0.25, -0.2) is 0 Å². The summed E-state index contributed by atoms with van der Waals surface area (Å²) in [7, 11) is 1.54. The molecule has 4 aliphatic rings. The molecule has 2 N–H and O–H groups in total. The van der Waals surface area contributed by atoms with Crippen molar-refractivity contribution in [3.63, 3.8) is 0 Å². The number of imide groups is 2. The number of nitrogens with zero attached hydrogens (tertiary/aromatic N) is 2. The van der Waals surface area contributed by atoms with E-state index in [1.807, 2.05) is 18.2 Å². The maximum absolute atomic E-state index is 15.5. The van der Waals surface area contributed by atoms with E-state index in [9.17, 15) is 19.5 Å². The Kier molecular flexibility index (Phi) is 8.66. The Balaban J connectivity index is 1.36. The summed E-state index contributed by atoms with van der Waals surface area (Å²) in [5.74, 6) is -5.17. The number of hydrogen-bond donors (Lipinski definition) is 2. The largest absolute Gasteiger partial charge is 0.507 e. The van der Waals surface area contributed by atoms with Crippen molar-refractivity contribution >= 4 is 58.2 Å². The van der Waals surface area contributed by atoms with Crippen LogP contribution in [-0.2, 0) is 31.0 Å². The minimum absolute atomic E-state index is 0.0279. The number of hydrogen-bond acceptors (Lipinski definition) is 7. The van der Waals surface area contributed by atoms with Crippen LogP contribution in [0.15, 0.2) is 115 Å². The number of phenolic OH excluding ortho intramolecular Hbond substituents is 1. The Morgan fingerprint density at radius 2 is 1.68 bits per heavy atom. The number of methoxy groups -OCH3 is 1. The average Bonchev–Trinajstić information content (AvgIpc) is 3.54. The summed E-state index contributed by atoms with van der Waals surface area (Å²) in [6, 6.07) is 25.9. The van der Waals surface area contributed by atoms with Gasteiger partial charge in [-0.15, -0.1) is 6.58 Å². The molecule has 2 saturated heterocycles. The second kappa shape index (κ2) is 13.2. The summed E-state index contributed by atoms with van der Waals surface area (Å²) in [6.07, 6.45) is 4.35. The fourth-order valence-corrected chi connectivity index (χ4v) is 9.63. The van der Waals surface area contributed by atoms with Crippen molar-refractivity contribution in [1.29, 1.82) is 0 Å². The standard InChI is InChI=1S/C42H35Cl2N3O6/c1-3-8-23-9-7-12-30(37(23)48)36-28-18-19-29-35(40(51)46(38(29)49)26-10-5-4-6-11-26)31(28)22-32-39(50)47(45-34-20-15-25(43)21-33(34)44)41(52)42(32,36)24-13-16-27(53-2)17-14-24/h3-7,9-18,20-21,29,31-32,35-36,45,48H,1,8,19,22H2,2H3/t29-,31+,32-,35-,36+,42+/m0/s1. The van der Waals surface area contributed by atoms with Gasteiger partial charge in [-0.2, -0.15) is 5.01 Å². The first-order valence-electron chi connectivity index (χ1n) is 17.4. The van der Waals surface area contributed by atoms with E-state index in [-0.39, 0.29) is 35.4 Å². The van der Waals surface area contributed by atoms with E-state index in [4.69, 9.17) is 27.9 Å². The first-order valence-corrected chi connectivity index (χ1v) is 18.2. The molecule has 0 spiro atoms. The lowest BCUT2D eigenvalue weighted by atomic mass is 9.49. The van der Waals surface area contributed by atoms with Gasteiger partial charge in [-0.05, 0) is 78.8 Å². The molecule has 4 aromatic rings. The van der Waals surface area contributed by atoms with Crippen LogP contribution in [0.3, 0.4) is 0 Å². The van der Waals surface area contributed by atoms with Crippen molar-refractivity contribution in [3.8, 4) is 11.5 Å². The molecule has 0 bridgehead atoms. The number of aromatic hydroxyl groups is 1. The minimum Gasteiger partial charge on any atom is -0.507 e. The SMILES string of the molecule is C=CCc1cccc([C@H]2C3=CC[C@@H]4C(=O)N(c5ccccc5)C(=O)[C@@H]4[C@@H]3C[C@H]3C(=O)N(Nc4ccc(Cl)cc4Cl)C(=O)[C@@]23c2ccc(OC)cc2)c1O. The Labute approximate surface area is 316 Å². The lowest BCUT2D eigenvalue weighted by molar-refractivity contribution is -0.138. The van der Waals surface area contributed by atoms with Crippen molar-refractivity contribution in [2.24, 2.45) is 23.7 Å². The molecule has 2 aliphatic carbocycles. The highest BCUT2D eigenvalue weighted by Gasteiger charge is 2.70. The van der Waals surface area contributed by atoms with E-state index in [2.05, 4.69) is 12.0 Å². The fraction of sp³-hybridized carbons (Fsp3) is 0.238.